The maximum atomic E-state index is 12.9. The largest absolute Gasteiger partial charge is 0.486 e. The molecule has 1 aliphatic rings. The molecule has 28 heavy (non-hydrogen) atoms. The number of hydrogen-bond donors (Lipinski definition) is 1. The van der Waals surface area contributed by atoms with Crippen molar-refractivity contribution < 1.29 is 14.3 Å². The Labute approximate surface area is 162 Å². The molecule has 8 nitrogen and oxygen atoms in total. The average Bonchev–Trinajstić information content (AvgIpc) is 3.26. The van der Waals surface area contributed by atoms with E-state index in [1.54, 1.807) is 18.2 Å². The summed E-state index contributed by atoms with van der Waals surface area (Å²) >= 11 is 0. The van der Waals surface area contributed by atoms with Crippen LogP contribution in [-0.2, 0) is 0 Å². The fourth-order valence-electron chi connectivity index (χ4n) is 3.18. The number of carbonyl (C=O) groups is 1. The highest BCUT2D eigenvalue weighted by molar-refractivity contribution is 5.95. The number of carbonyl (C=O) groups excluding carboxylic acids is 1. The molecule has 4 rings (SSSR count). The van der Waals surface area contributed by atoms with Crippen molar-refractivity contribution in [2.24, 2.45) is 5.92 Å². The molecule has 1 atom stereocenters. The number of rotatable bonds is 5. The van der Waals surface area contributed by atoms with Crippen LogP contribution in [0, 0.1) is 5.92 Å². The molecule has 0 saturated carbocycles. The van der Waals surface area contributed by atoms with Gasteiger partial charge in [-0.05, 0) is 52.2 Å². The third kappa shape index (κ3) is 3.66. The fourth-order valence-corrected chi connectivity index (χ4v) is 3.18. The number of nitrogens with one attached hydrogen (secondary N) is 1. The zero-order valence-corrected chi connectivity index (χ0v) is 15.7. The minimum Gasteiger partial charge on any atom is -0.486 e. The first-order valence-corrected chi connectivity index (χ1v) is 9.15. The lowest BCUT2D eigenvalue weighted by atomic mass is 9.95. The average molecular weight is 379 g/mol. The molecule has 8 heteroatoms. The van der Waals surface area contributed by atoms with Gasteiger partial charge < -0.3 is 14.8 Å². The van der Waals surface area contributed by atoms with Crippen molar-refractivity contribution in [3.63, 3.8) is 0 Å². The smallest absolute Gasteiger partial charge is 0.251 e. The molecule has 1 amide bonds. The van der Waals surface area contributed by atoms with E-state index in [0.717, 1.165) is 17.0 Å². The molecule has 2 aromatic carbocycles. The summed E-state index contributed by atoms with van der Waals surface area (Å²) in [6.07, 6.45) is 1.49. The Morgan fingerprint density at radius 1 is 1.11 bits per heavy atom. The van der Waals surface area contributed by atoms with Crippen LogP contribution in [0.2, 0.25) is 0 Å². The fraction of sp³-hybridized carbons (Fsp3) is 0.300. The van der Waals surface area contributed by atoms with Crippen LogP contribution in [0.15, 0.2) is 48.8 Å². The van der Waals surface area contributed by atoms with Crippen LogP contribution < -0.4 is 14.8 Å². The number of hydrogen-bond acceptors (Lipinski definition) is 6. The van der Waals surface area contributed by atoms with Crippen LogP contribution in [0.25, 0.3) is 5.69 Å². The van der Waals surface area contributed by atoms with E-state index in [4.69, 9.17) is 9.47 Å². The first kappa shape index (κ1) is 18.0. The van der Waals surface area contributed by atoms with Crippen LogP contribution in [0.3, 0.4) is 0 Å². The number of tetrazole rings is 1. The van der Waals surface area contributed by atoms with E-state index in [1.165, 1.54) is 11.0 Å². The first-order chi connectivity index (χ1) is 13.6. The Kier molecular flexibility index (Phi) is 4.92. The highest BCUT2D eigenvalue weighted by Gasteiger charge is 2.22. The lowest BCUT2D eigenvalue weighted by Crippen LogP contribution is -2.32. The molecular weight excluding hydrogens is 358 g/mol. The number of aromatic nitrogens is 4. The molecule has 2 heterocycles. The maximum Gasteiger partial charge on any atom is 0.251 e. The lowest BCUT2D eigenvalue weighted by molar-refractivity contribution is 0.0925. The zero-order valence-electron chi connectivity index (χ0n) is 15.7. The SMILES string of the molecule is CC(C)C(NC(=O)c1cccc(-n2cnnn2)c1)c1ccc2c(c1)OCCO2. The second-order valence-electron chi connectivity index (χ2n) is 6.90. The van der Waals surface area contributed by atoms with Crippen LogP contribution in [-0.4, -0.2) is 39.3 Å². The van der Waals surface area contributed by atoms with E-state index < -0.39 is 0 Å². The van der Waals surface area contributed by atoms with Crippen LogP contribution in [0.1, 0.15) is 35.8 Å². The summed E-state index contributed by atoms with van der Waals surface area (Å²) in [5.74, 6) is 1.47. The third-order valence-electron chi connectivity index (χ3n) is 4.60. The van der Waals surface area contributed by atoms with Crippen LogP contribution in [0.4, 0.5) is 0 Å². The molecule has 1 aliphatic heterocycles. The standard InChI is InChI=1S/C20H21N5O3/c1-13(2)19(14-6-7-17-18(11-14)28-9-8-27-17)22-20(26)15-4-3-5-16(10-15)25-12-21-23-24-25/h3-7,10-13,19H,8-9H2,1-2H3,(H,22,26). The molecule has 0 bridgehead atoms. The van der Waals surface area contributed by atoms with E-state index in [0.29, 0.717) is 24.5 Å². The van der Waals surface area contributed by atoms with Gasteiger partial charge in [0.1, 0.15) is 19.5 Å². The predicted octanol–water partition coefficient (Wildman–Crippen LogP) is 2.56. The minimum atomic E-state index is -0.167. The summed E-state index contributed by atoms with van der Waals surface area (Å²) in [6.45, 7) is 5.21. The second-order valence-corrected chi connectivity index (χ2v) is 6.90. The zero-order chi connectivity index (χ0) is 19.5. The van der Waals surface area contributed by atoms with Gasteiger partial charge in [0.2, 0.25) is 0 Å². The summed E-state index contributed by atoms with van der Waals surface area (Å²) in [6, 6.07) is 12.8. The van der Waals surface area contributed by atoms with Crippen molar-refractivity contribution in [3.8, 4) is 17.2 Å². The van der Waals surface area contributed by atoms with Crippen LogP contribution >= 0.6 is 0 Å². The molecule has 0 fully saturated rings. The van der Waals surface area contributed by atoms with E-state index in [2.05, 4.69) is 34.7 Å². The van der Waals surface area contributed by atoms with Crippen molar-refractivity contribution in [1.82, 2.24) is 25.5 Å². The predicted molar refractivity (Wildman–Crippen MR) is 102 cm³/mol. The van der Waals surface area contributed by atoms with Gasteiger partial charge >= 0.3 is 0 Å². The molecular formula is C20H21N5O3. The lowest BCUT2D eigenvalue weighted by Gasteiger charge is -2.25. The number of nitrogens with zero attached hydrogens (tertiary/aromatic N) is 4. The number of amides is 1. The normalized spacial score (nSPS) is 14.0. The van der Waals surface area contributed by atoms with Crippen molar-refractivity contribution in [3.05, 3.63) is 59.9 Å². The van der Waals surface area contributed by atoms with Crippen LogP contribution in [0.5, 0.6) is 11.5 Å². The molecule has 0 spiro atoms. The maximum absolute atomic E-state index is 12.9. The Balaban J connectivity index is 1.57. The monoisotopic (exact) mass is 379 g/mol. The Hall–Kier alpha value is -3.42. The highest BCUT2D eigenvalue weighted by atomic mass is 16.6. The van der Waals surface area contributed by atoms with Gasteiger partial charge in [0.15, 0.2) is 11.5 Å². The van der Waals surface area contributed by atoms with Crippen molar-refractivity contribution >= 4 is 5.91 Å². The Bertz CT molecular complexity index is 972. The summed E-state index contributed by atoms with van der Waals surface area (Å²) in [5.41, 5.74) is 2.23. The molecule has 0 radical (unpaired) electrons. The van der Waals surface area contributed by atoms with Gasteiger partial charge in [-0.15, -0.1) is 5.10 Å². The van der Waals surface area contributed by atoms with E-state index in [9.17, 15) is 4.79 Å². The van der Waals surface area contributed by atoms with Gasteiger partial charge in [-0.25, -0.2) is 4.68 Å². The summed E-state index contributed by atoms with van der Waals surface area (Å²) in [5, 5.41) is 14.3. The number of ether oxygens (including phenoxy) is 2. The van der Waals surface area contributed by atoms with E-state index >= 15 is 0 Å². The third-order valence-corrected chi connectivity index (χ3v) is 4.60. The van der Waals surface area contributed by atoms with Crippen molar-refractivity contribution in [1.29, 1.82) is 0 Å². The minimum absolute atomic E-state index is 0.163. The Morgan fingerprint density at radius 3 is 2.68 bits per heavy atom. The van der Waals surface area contributed by atoms with Gasteiger partial charge in [-0.2, -0.15) is 0 Å². The molecule has 3 aromatic rings. The molecule has 1 N–H and O–H groups in total. The molecule has 144 valence electrons. The first-order valence-electron chi connectivity index (χ1n) is 9.15. The molecule has 0 aliphatic carbocycles. The highest BCUT2D eigenvalue weighted by Crippen LogP contribution is 2.34. The van der Waals surface area contributed by atoms with E-state index in [-0.39, 0.29) is 17.9 Å². The topological polar surface area (TPSA) is 91.2 Å². The van der Waals surface area contributed by atoms with E-state index in [1.807, 2.05) is 24.3 Å². The second kappa shape index (κ2) is 7.67. The molecule has 1 aromatic heterocycles. The van der Waals surface area contributed by atoms with Gasteiger partial charge in [0.05, 0.1) is 11.7 Å². The number of benzene rings is 2. The summed E-state index contributed by atoms with van der Waals surface area (Å²) < 4.78 is 12.8. The van der Waals surface area contributed by atoms with Gasteiger partial charge in [-0.3, -0.25) is 4.79 Å². The van der Waals surface area contributed by atoms with Gasteiger partial charge in [0.25, 0.3) is 5.91 Å². The van der Waals surface area contributed by atoms with Gasteiger partial charge in [-0.1, -0.05) is 26.0 Å². The molecule has 1 unspecified atom stereocenters. The summed E-state index contributed by atoms with van der Waals surface area (Å²) in [7, 11) is 0. The van der Waals surface area contributed by atoms with Crippen molar-refractivity contribution in [2.75, 3.05) is 13.2 Å². The van der Waals surface area contributed by atoms with Gasteiger partial charge in [0, 0.05) is 5.56 Å². The number of fused-ring (bicyclic) bond motifs is 1. The summed E-state index contributed by atoms with van der Waals surface area (Å²) in [4.78, 5) is 12.9. The van der Waals surface area contributed by atoms with Crippen molar-refractivity contribution in [2.45, 2.75) is 19.9 Å². The Morgan fingerprint density at radius 2 is 1.93 bits per heavy atom. The quantitative estimate of drug-likeness (QED) is 0.733. The molecule has 0 saturated heterocycles.